The van der Waals surface area contributed by atoms with Crippen LogP contribution in [-0.4, -0.2) is 43.3 Å². The third-order valence-corrected chi connectivity index (χ3v) is 8.01. The van der Waals surface area contributed by atoms with Crippen LogP contribution >= 0.6 is 0 Å². The minimum Gasteiger partial charge on any atom is -0.478 e. The van der Waals surface area contributed by atoms with Crippen LogP contribution in [0.3, 0.4) is 0 Å². The van der Waals surface area contributed by atoms with Gasteiger partial charge in [0.2, 0.25) is 21.8 Å². The van der Waals surface area contributed by atoms with Crippen LogP contribution in [0.25, 0.3) is 0 Å². The zero-order valence-corrected chi connectivity index (χ0v) is 18.7. The second-order valence-electron chi connectivity index (χ2n) is 8.08. The van der Waals surface area contributed by atoms with Gasteiger partial charge in [-0.25, -0.2) is 13.4 Å². The number of sulfonamides is 1. The van der Waals surface area contributed by atoms with Gasteiger partial charge in [-0.1, -0.05) is 12.1 Å². The van der Waals surface area contributed by atoms with Crippen molar-refractivity contribution in [3.8, 4) is 5.88 Å². The van der Waals surface area contributed by atoms with Crippen molar-refractivity contribution in [1.29, 1.82) is 0 Å². The number of hydrogen-bond acceptors (Lipinski definition) is 5. The zero-order valence-electron chi connectivity index (χ0n) is 17.8. The highest BCUT2D eigenvalue weighted by Gasteiger charge is 2.32. The number of ether oxygens (including phenoxy) is 1. The van der Waals surface area contributed by atoms with Gasteiger partial charge in [-0.15, -0.1) is 0 Å². The van der Waals surface area contributed by atoms with E-state index < -0.39 is 10.0 Å². The molecule has 8 heteroatoms. The van der Waals surface area contributed by atoms with E-state index in [1.165, 1.54) is 9.87 Å². The molecular weight excluding hydrogens is 414 g/mol. The lowest BCUT2D eigenvalue weighted by atomic mass is 9.97. The molecule has 2 aliphatic rings. The van der Waals surface area contributed by atoms with Crippen LogP contribution in [0, 0.1) is 5.92 Å². The Kier molecular flexibility index (Phi) is 6.57. The molecule has 0 unspecified atom stereocenters. The summed E-state index contributed by atoms with van der Waals surface area (Å²) in [7, 11) is -3.52. The van der Waals surface area contributed by atoms with Crippen LogP contribution in [0.15, 0.2) is 41.4 Å². The van der Waals surface area contributed by atoms with E-state index in [1.807, 2.05) is 31.2 Å². The summed E-state index contributed by atoms with van der Waals surface area (Å²) in [5.74, 6) is 0.278. The molecule has 1 amide bonds. The third kappa shape index (κ3) is 4.75. The molecule has 0 radical (unpaired) electrons. The molecule has 1 aromatic heterocycles. The van der Waals surface area contributed by atoms with Crippen LogP contribution in [0.4, 0.5) is 0 Å². The maximum Gasteiger partial charge on any atom is 0.243 e. The number of nitrogens with one attached hydrogen (secondary N) is 1. The number of aryl methyl sites for hydroxylation is 2. The highest BCUT2D eigenvalue weighted by Crippen LogP contribution is 2.28. The normalized spacial score (nSPS) is 17.3. The largest absolute Gasteiger partial charge is 0.478 e. The van der Waals surface area contributed by atoms with E-state index in [0.717, 1.165) is 30.4 Å². The highest BCUT2D eigenvalue weighted by molar-refractivity contribution is 7.89. The van der Waals surface area contributed by atoms with Gasteiger partial charge in [0.1, 0.15) is 0 Å². The average Bonchev–Trinajstić information content (AvgIpc) is 3.26. The lowest BCUT2D eigenvalue weighted by Gasteiger charge is -2.30. The Bertz CT molecular complexity index is 1050. The summed E-state index contributed by atoms with van der Waals surface area (Å²) in [5, 5.41) is 2.95. The van der Waals surface area contributed by atoms with E-state index >= 15 is 0 Å². The zero-order chi connectivity index (χ0) is 21.8. The predicted octanol–water partition coefficient (Wildman–Crippen LogP) is 2.69. The smallest absolute Gasteiger partial charge is 0.243 e. The number of carbonyl (C=O) groups is 1. The van der Waals surface area contributed by atoms with Crippen molar-refractivity contribution in [3.63, 3.8) is 0 Å². The predicted molar refractivity (Wildman–Crippen MR) is 117 cm³/mol. The van der Waals surface area contributed by atoms with Gasteiger partial charge in [-0.05, 0) is 68.4 Å². The van der Waals surface area contributed by atoms with Crippen molar-refractivity contribution in [1.82, 2.24) is 14.6 Å². The number of hydrogen-bond donors (Lipinski definition) is 1. The number of fused-ring (bicyclic) bond motifs is 1. The molecule has 31 heavy (non-hydrogen) atoms. The average molecular weight is 444 g/mol. The van der Waals surface area contributed by atoms with Crippen molar-refractivity contribution in [2.24, 2.45) is 5.92 Å². The molecule has 0 spiro atoms. The number of rotatable bonds is 7. The fourth-order valence-corrected chi connectivity index (χ4v) is 5.89. The summed E-state index contributed by atoms with van der Waals surface area (Å²) in [6, 6.07) is 9.20. The molecule has 1 fully saturated rings. The first-order valence-electron chi connectivity index (χ1n) is 11.0. The number of aromatic nitrogens is 1. The lowest BCUT2D eigenvalue weighted by molar-refractivity contribution is -0.126. The molecule has 0 atom stereocenters. The quantitative estimate of drug-likeness (QED) is 0.711. The number of piperidine rings is 1. The van der Waals surface area contributed by atoms with Crippen LogP contribution < -0.4 is 10.1 Å². The van der Waals surface area contributed by atoms with Crippen molar-refractivity contribution in [2.75, 3.05) is 19.7 Å². The molecule has 2 heterocycles. The van der Waals surface area contributed by atoms with Gasteiger partial charge in [0.05, 0.1) is 11.5 Å². The molecule has 0 saturated carbocycles. The topological polar surface area (TPSA) is 88.6 Å². The summed E-state index contributed by atoms with van der Waals surface area (Å²) in [6.07, 6.45) is 5.75. The lowest BCUT2D eigenvalue weighted by Crippen LogP contribution is -2.42. The van der Waals surface area contributed by atoms with E-state index in [1.54, 1.807) is 12.3 Å². The van der Waals surface area contributed by atoms with Gasteiger partial charge in [-0.2, -0.15) is 4.31 Å². The number of pyridine rings is 1. The van der Waals surface area contributed by atoms with Gasteiger partial charge in [0, 0.05) is 37.3 Å². The molecule has 0 bridgehead atoms. The fourth-order valence-electron chi connectivity index (χ4n) is 4.37. The number of amides is 1. The third-order valence-electron chi connectivity index (χ3n) is 6.12. The first kappa shape index (κ1) is 21.8. The second-order valence-corrected chi connectivity index (χ2v) is 10.0. The number of nitrogens with zero attached hydrogens (tertiary/aromatic N) is 2. The summed E-state index contributed by atoms with van der Waals surface area (Å²) in [4.78, 5) is 17.2. The van der Waals surface area contributed by atoms with Crippen molar-refractivity contribution in [3.05, 3.63) is 53.2 Å². The molecule has 1 saturated heterocycles. The van der Waals surface area contributed by atoms with Gasteiger partial charge < -0.3 is 10.1 Å². The second kappa shape index (κ2) is 9.36. The summed E-state index contributed by atoms with van der Waals surface area (Å²) < 4.78 is 33.2. The van der Waals surface area contributed by atoms with Gasteiger partial charge in [-0.3, -0.25) is 4.79 Å². The molecular formula is C23H29N3O4S. The van der Waals surface area contributed by atoms with Gasteiger partial charge in [0.15, 0.2) is 0 Å². The number of carbonyl (C=O) groups excluding carboxylic acids is 1. The maximum absolute atomic E-state index is 13.1. The van der Waals surface area contributed by atoms with E-state index in [9.17, 15) is 13.2 Å². The number of benzene rings is 1. The molecule has 1 aliphatic carbocycles. The SMILES string of the molecule is CCOc1ncccc1CNC(=O)C1CCN(S(=O)(=O)c2ccc3c(c2)CCC3)CC1. The molecule has 2 aromatic rings. The Morgan fingerprint density at radius 1 is 1.19 bits per heavy atom. The van der Waals surface area contributed by atoms with Crippen molar-refractivity contribution < 1.29 is 17.9 Å². The van der Waals surface area contributed by atoms with Crippen molar-refractivity contribution in [2.45, 2.75) is 50.5 Å². The first-order valence-corrected chi connectivity index (χ1v) is 12.4. The monoisotopic (exact) mass is 443 g/mol. The van der Waals surface area contributed by atoms with Crippen LogP contribution in [0.2, 0.25) is 0 Å². The molecule has 7 nitrogen and oxygen atoms in total. The molecule has 4 rings (SSSR count). The fraction of sp³-hybridized carbons (Fsp3) is 0.478. The molecule has 1 N–H and O–H groups in total. The summed E-state index contributed by atoms with van der Waals surface area (Å²) >= 11 is 0. The van der Waals surface area contributed by atoms with Crippen LogP contribution in [0.1, 0.15) is 42.9 Å². The Morgan fingerprint density at radius 2 is 1.97 bits per heavy atom. The summed E-state index contributed by atoms with van der Waals surface area (Å²) in [5.41, 5.74) is 3.24. The summed E-state index contributed by atoms with van der Waals surface area (Å²) in [6.45, 7) is 3.45. The first-order chi connectivity index (χ1) is 15.0. The van der Waals surface area contributed by atoms with Gasteiger partial charge in [0.25, 0.3) is 0 Å². The van der Waals surface area contributed by atoms with E-state index in [0.29, 0.717) is 49.9 Å². The van der Waals surface area contributed by atoms with E-state index in [2.05, 4.69) is 10.3 Å². The Balaban J connectivity index is 1.33. The highest BCUT2D eigenvalue weighted by atomic mass is 32.2. The minimum absolute atomic E-state index is 0.0547. The molecule has 166 valence electrons. The van der Waals surface area contributed by atoms with Crippen LogP contribution in [-0.2, 0) is 34.2 Å². The van der Waals surface area contributed by atoms with Crippen molar-refractivity contribution >= 4 is 15.9 Å². The standard InChI is InChI=1S/C23H29N3O4S/c1-2-30-23-20(7-4-12-24-23)16-25-22(27)18-10-13-26(14-11-18)31(28,29)21-9-8-17-5-3-6-19(17)15-21/h4,7-9,12,15,18H,2-3,5-6,10-11,13-14,16H2,1H3,(H,25,27). The minimum atomic E-state index is -3.52. The molecule has 1 aromatic carbocycles. The van der Waals surface area contributed by atoms with Gasteiger partial charge >= 0.3 is 0 Å². The molecule has 1 aliphatic heterocycles. The Morgan fingerprint density at radius 3 is 2.74 bits per heavy atom. The van der Waals surface area contributed by atoms with Crippen LogP contribution in [0.5, 0.6) is 5.88 Å². The van der Waals surface area contributed by atoms with E-state index in [4.69, 9.17) is 4.74 Å². The Labute approximate surface area is 183 Å². The maximum atomic E-state index is 13.1. The Hall–Kier alpha value is -2.45. The van der Waals surface area contributed by atoms with E-state index in [-0.39, 0.29) is 11.8 Å².